The number of carbonyl (C=O) groups excluding carboxylic acids is 2. The van der Waals surface area contributed by atoms with Crippen LogP contribution in [0.2, 0.25) is 0 Å². The molecule has 1 rings (SSSR count). The number of hydrogen-bond acceptors (Lipinski definition) is 4. The van der Waals surface area contributed by atoms with Crippen molar-refractivity contribution >= 4 is 28.7 Å². The third-order valence-corrected chi connectivity index (χ3v) is 3.24. The van der Waals surface area contributed by atoms with Gasteiger partial charge in [0.15, 0.2) is 5.17 Å². The number of carbonyl (C=O) groups is 2. The van der Waals surface area contributed by atoms with Crippen molar-refractivity contribution < 1.29 is 9.59 Å². The molecule has 0 fully saturated rings. The van der Waals surface area contributed by atoms with Crippen molar-refractivity contribution in [1.82, 2.24) is 10.3 Å². The summed E-state index contributed by atoms with van der Waals surface area (Å²) in [6.07, 6.45) is 3.02. The van der Waals surface area contributed by atoms with Gasteiger partial charge in [-0.2, -0.15) is 0 Å². The lowest BCUT2D eigenvalue weighted by Gasteiger charge is -2.18. The number of nitrogens with one attached hydrogen (secondary N) is 1. The lowest BCUT2D eigenvalue weighted by molar-refractivity contribution is -0.129. The topological polar surface area (TPSA) is 61.8 Å². The van der Waals surface area contributed by atoms with Crippen LogP contribution in [0.4, 0.5) is 0 Å². The van der Waals surface area contributed by atoms with Gasteiger partial charge in [-0.1, -0.05) is 31.5 Å². The number of hydrazone groups is 1. The Hall–Kier alpha value is -1.04. The van der Waals surface area contributed by atoms with Crippen molar-refractivity contribution in [2.45, 2.75) is 45.4 Å². The maximum Gasteiger partial charge on any atom is 0.240 e. The molecule has 0 saturated carbocycles. The molecule has 0 aliphatic carbocycles. The Labute approximate surface area is 99.6 Å². The van der Waals surface area contributed by atoms with Gasteiger partial charge in [0, 0.05) is 13.8 Å². The first kappa shape index (κ1) is 13.0. The molecule has 0 aromatic rings. The molecular formula is C10H17N3O2S. The molecule has 1 N–H and O–H groups in total. The SMILES string of the molecule is CCCC[C@H]1SC(NC(C)=O)=NN1C(C)=O. The molecule has 0 radical (unpaired) electrons. The highest BCUT2D eigenvalue weighted by atomic mass is 32.2. The number of rotatable bonds is 3. The molecule has 0 bridgehead atoms. The van der Waals surface area contributed by atoms with E-state index < -0.39 is 0 Å². The maximum atomic E-state index is 11.3. The van der Waals surface area contributed by atoms with E-state index in [2.05, 4.69) is 17.3 Å². The molecule has 5 nitrogen and oxygen atoms in total. The molecule has 90 valence electrons. The number of amides is 2. The highest BCUT2D eigenvalue weighted by molar-refractivity contribution is 8.14. The van der Waals surface area contributed by atoms with Crippen molar-refractivity contribution in [3.8, 4) is 0 Å². The summed E-state index contributed by atoms with van der Waals surface area (Å²) in [5, 5.41) is 8.70. The number of hydrogen-bond donors (Lipinski definition) is 1. The Balaban J connectivity index is 2.62. The van der Waals surface area contributed by atoms with Crippen molar-refractivity contribution in [3.63, 3.8) is 0 Å². The second kappa shape index (κ2) is 5.89. The molecule has 0 saturated heterocycles. The monoisotopic (exact) mass is 243 g/mol. The van der Waals surface area contributed by atoms with Gasteiger partial charge >= 0.3 is 0 Å². The molecule has 16 heavy (non-hydrogen) atoms. The molecule has 0 spiro atoms. The lowest BCUT2D eigenvalue weighted by atomic mass is 10.2. The minimum atomic E-state index is -0.161. The minimum absolute atomic E-state index is 0.0271. The summed E-state index contributed by atoms with van der Waals surface area (Å²) in [7, 11) is 0. The first-order chi connectivity index (χ1) is 7.54. The first-order valence-corrected chi connectivity index (χ1v) is 6.25. The fourth-order valence-electron chi connectivity index (χ4n) is 1.40. The predicted molar refractivity (Wildman–Crippen MR) is 64.7 cm³/mol. The van der Waals surface area contributed by atoms with Crippen molar-refractivity contribution in [2.24, 2.45) is 5.10 Å². The van der Waals surface area contributed by atoms with Crippen LogP contribution in [0.25, 0.3) is 0 Å². The molecule has 1 heterocycles. The minimum Gasteiger partial charge on any atom is -0.304 e. The number of unbranched alkanes of at least 4 members (excludes halogenated alkanes) is 1. The van der Waals surface area contributed by atoms with Crippen molar-refractivity contribution in [2.75, 3.05) is 0 Å². The summed E-state index contributed by atoms with van der Waals surface area (Å²) < 4.78 is 0. The largest absolute Gasteiger partial charge is 0.304 e. The van der Waals surface area contributed by atoms with E-state index in [1.165, 1.54) is 30.6 Å². The summed E-state index contributed by atoms with van der Waals surface area (Å²) >= 11 is 1.44. The summed E-state index contributed by atoms with van der Waals surface area (Å²) in [5.41, 5.74) is 0. The van der Waals surface area contributed by atoms with Crippen LogP contribution in [0.3, 0.4) is 0 Å². The average molecular weight is 243 g/mol. The average Bonchev–Trinajstić information content (AvgIpc) is 2.57. The van der Waals surface area contributed by atoms with E-state index in [-0.39, 0.29) is 17.2 Å². The molecule has 1 aliphatic rings. The van der Waals surface area contributed by atoms with E-state index >= 15 is 0 Å². The third kappa shape index (κ3) is 3.52. The van der Waals surface area contributed by atoms with Crippen LogP contribution < -0.4 is 5.32 Å². The van der Waals surface area contributed by atoms with Crippen LogP contribution in [0.15, 0.2) is 5.10 Å². The summed E-state index contributed by atoms with van der Waals surface area (Å²) in [6, 6.07) is 0. The van der Waals surface area contributed by atoms with Crippen LogP contribution >= 0.6 is 11.8 Å². The van der Waals surface area contributed by atoms with Gasteiger partial charge in [0.2, 0.25) is 11.8 Å². The fraction of sp³-hybridized carbons (Fsp3) is 0.700. The molecule has 0 aromatic heterocycles. The second-order valence-electron chi connectivity index (χ2n) is 3.66. The molecule has 0 unspecified atom stereocenters. The number of thioether (sulfide) groups is 1. The Morgan fingerprint density at radius 1 is 1.50 bits per heavy atom. The Bertz CT molecular complexity index is 317. The van der Waals surface area contributed by atoms with Crippen LogP contribution in [0.1, 0.15) is 40.0 Å². The van der Waals surface area contributed by atoms with E-state index in [1.54, 1.807) is 0 Å². The fourth-order valence-corrected chi connectivity index (χ4v) is 2.58. The first-order valence-electron chi connectivity index (χ1n) is 5.37. The van der Waals surface area contributed by atoms with Crippen molar-refractivity contribution in [3.05, 3.63) is 0 Å². The predicted octanol–water partition coefficient (Wildman–Crippen LogP) is 1.51. The van der Waals surface area contributed by atoms with E-state index in [9.17, 15) is 9.59 Å². The molecular weight excluding hydrogens is 226 g/mol. The van der Waals surface area contributed by atoms with E-state index in [4.69, 9.17) is 0 Å². The van der Waals surface area contributed by atoms with E-state index in [1.807, 2.05) is 0 Å². The van der Waals surface area contributed by atoms with Gasteiger partial charge in [0.25, 0.3) is 0 Å². The van der Waals surface area contributed by atoms with Crippen LogP contribution in [0, 0.1) is 0 Å². The number of nitrogens with zero attached hydrogens (tertiary/aromatic N) is 2. The Morgan fingerprint density at radius 2 is 2.19 bits per heavy atom. The van der Waals surface area contributed by atoms with E-state index in [0.717, 1.165) is 19.3 Å². The summed E-state index contributed by atoms with van der Waals surface area (Å²) in [4.78, 5) is 22.2. The normalized spacial score (nSPS) is 19.6. The van der Waals surface area contributed by atoms with Crippen LogP contribution in [-0.2, 0) is 9.59 Å². The molecule has 1 atom stereocenters. The maximum absolute atomic E-state index is 11.3. The summed E-state index contributed by atoms with van der Waals surface area (Å²) in [5.74, 6) is -0.250. The highest BCUT2D eigenvalue weighted by Gasteiger charge is 2.30. The van der Waals surface area contributed by atoms with Gasteiger partial charge < -0.3 is 5.32 Å². The molecule has 6 heteroatoms. The molecule has 1 aliphatic heterocycles. The number of amidine groups is 1. The van der Waals surface area contributed by atoms with Gasteiger partial charge in [0.05, 0.1) is 0 Å². The standard InChI is InChI=1S/C10H17N3O2S/c1-4-5-6-9-13(8(3)15)12-10(16-9)11-7(2)14/h9H,4-6H2,1-3H3,(H,11,12,14)/t9-/m1/s1. The van der Waals surface area contributed by atoms with Crippen LogP contribution in [-0.4, -0.2) is 27.4 Å². The second-order valence-corrected chi connectivity index (χ2v) is 4.83. The zero-order valence-corrected chi connectivity index (χ0v) is 10.6. The molecule has 2 amide bonds. The smallest absolute Gasteiger partial charge is 0.240 e. The highest BCUT2D eigenvalue weighted by Crippen LogP contribution is 2.28. The molecule has 0 aromatic carbocycles. The van der Waals surface area contributed by atoms with Gasteiger partial charge in [0.1, 0.15) is 5.37 Å². The zero-order valence-electron chi connectivity index (χ0n) is 9.82. The lowest BCUT2D eigenvalue weighted by Crippen LogP contribution is -2.28. The summed E-state index contributed by atoms with van der Waals surface area (Å²) in [6.45, 7) is 5.02. The Kier molecular flexibility index (Phi) is 4.79. The van der Waals surface area contributed by atoms with Gasteiger partial charge in [-0.25, -0.2) is 5.01 Å². The van der Waals surface area contributed by atoms with Gasteiger partial charge in [-0.3, -0.25) is 9.59 Å². The third-order valence-electron chi connectivity index (χ3n) is 2.13. The zero-order chi connectivity index (χ0) is 12.1. The van der Waals surface area contributed by atoms with Gasteiger partial charge in [-0.05, 0) is 6.42 Å². The quantitative estimate of drug-likeness (QED) is 0.817. The Morgan fingerprint density at radius 3 is 2.69 bits per heavy atom. The van der Waals surface area contributed by atoms with Gasteiger partial charge in [-0.15, -0.1) is 5.10 Å². The van der Waals surface area contributed by atoms with Crippen LogP contribution in [0.5, 0.6) is 0 Å². The van der Waals surface area contributed by atoms with E-state index in [0.29, 0.717) is 5.17 Å². The van der Waals surface area contributed by atoms with Crippen molar-refractivity contribution in [1.29, 1.82) is 0 Å².